The number of carbonyl (C=O) groups excluding carboxylic acids is 2. The highest BCUT2D eigenvalue weighted by Crippen LogP contribution is 2.26. The molecule has 0 radical (unpaired) electrons. The van der Waals surface area contributed by atoms with Crippen molar-refractivity contribution in [2.24, 2.45) is 0 Å². The van der Waals surface area contributed by atoms with Crippen molar-refractivity contribution in [1.82, 2.24) is 29.2 Å². The molecule has 4 heterocycles. The van der Waals surface area contributed by atoms with Gasteiger partial charge in [-0.05, 0) is 50.6 Å². The van der Waals surface area contributed by atoms with Crippen LogP contribution in [0.4, 0.5) is 0 Å². The van der Waals surface area contributed by atoms with Gasteiger partial charge in [0.1, 0.15) is 5.82 Å². The van der Waals surface area contributed by atoms with Gasteiger partial charge in [0.05, 0.1) is 12.3 Å². The molecular weight excluding hydrogens is 460 g/mol. The van der Waals surface area contributed by atoms with Gasteiger partial charge in [0, 0.05) is 41.8 Å². The number of Topliss-reactive ketones (excluding diaryl/α,β-unsaturated/α-hetero) is 1. The highest BCUT2D eigenvalue weighted by molar-refractivity contribution is 7.99. The number of aryl methyl sites for hydroxylation is 1. The van der Waals surface area contributed by atoms with Gasteiger partial charge in [0.2, 0.25) is 5.91 Å². The molecule has 1 aliphatic rings. The van der Waals surface area contributed by atoms with Crippen LogP contribution in [0.15, 0.2) is 66.0 Å². The predicted molar refractivity (Wildman–Crippen MR) is 134 cm³/mol. The molecule has 9 heteroatoms. The number of aromatic nitrogens is 5. The first-order valence-electron chi connectivity index (χ1n) is 11.6. The summed E-state index contributed by atoms with van der Waals surface area (Å²) >= 11 is 1.33. The average Bonchev–Trinajstić information content (AvgIpc) is 3.56. The maximum Gasteiger partial charge on any atom is 0.223 e. The first-order chi connectivity index (χ1) is 17.0. The molecule has 1 aliphatic heterocycles. The van der Waals surface area contributed by atoms with E-state index in [4.69, 9.17) is 0 Å². The fraction of sp³-hybridized carbons (Fsp3) is 0.269. The third kappa shape index (κ3) is 4.64. The van der Waals surface area contributed by atoms with Crippen LogP contribution in [-0.4, -0.2) is 53.2 Å². The van der Waals surface area contributed by atoms with Crippen molar-refractivity contribution in [3.63, 3.8) is 0 Å². The number of carbonyl (C=O) groups is 2. The van der Waals surface area contributed by atoms with Gasteiger partial charge in [-0.15, -0.1) is 10.2 Å². The van der Waals surface area contributed by atoms with Crippen LogP contribution in [0.5, 0.6) is 0 Å². The molecule has 1 aromatic carbocycles. The minimum Gasteiger partial charge on any atom is -0.335 e. The average molecular weight is 487 g/mol. The van der Waals surface area contributed by atoms with Gasteiger partial charge in [-0.25, -0.2) is 4.98 Å². The number of hydrogen-bond donors (Lipinski definition) is 0. The van der Waals surface area contributed by atoms with Crippen molar-refractivity contribution < 1.29 is 9.59 Å². The molecule has 3 aromatic heterocycles. The predicted octanol–water partition coefficient (Wildman–Crippen LogP) is 4.17. The van der Waals surface area contributed by atoms with Crippen LogP contribution in [0.1, 0.15) is 40.4 Å². The summed E-state index contributed by atoms with van der Waals surface area (Å²) in [6.45, 7) is 5.06. The molecule has 0 aliphatic carbocycles. The van der Waals surface area contributed by atoms with E-state index in [0.717, 1.165) is 23.5 Å². The molecule has 178 valence electrons. The smallest absolute Gasteiger partial charge is 0.223 e. The number of thioether (sulfide) groups is 1. The molecule has 35 heavy (non-hydrogen) atoms. The normalized spacial score (nSPS) is 13.5. The Bertz CT molecular complexity index is 1360. The maximum absolute atomic E-state index is 13.3. The first-order valence-corrected chi connectivity index (χ1v) is 12.6. The summed E-state index contributed by atoms with van der Waals surface area (Å²) in [5.41, 5.74) is 3.66. The molecule has 5 rings (SSSR count). The van der Waals surface area contributed by atoms with Crippen LogP contribution in [0.3, 0.4) is 0 Å². The van der Waals surface area contributed by atoms with Crippen LogP contribution in [-0.2, 0) is 11.3 Å². The molecule has 1 amide bonds. The van der Waals surface area contributed by atoms with E-state index in [1.807, 2.05) is 73.0 Å². The molecule has 0 unspecified atom stereocenters. The van der Waals surface area contributed by atoms with Crippen LogP contribution in [0.2, 0.25) is 0 Å². The summed E-state index contributed by atoms with van der Waals surface area (Å²) in [4.78, 5) is 31.7. The Balaban J connectivity index is 1.39. The summed E-state index contributed by atoms with van der Waals surface area (Å²) < 4.78 is 3.94. The van der Waals surface area contributed by atoms with E-state index in [9.17, 15) is 9.59 Å². The lowest BCUT2D eigenvalue weighted by atomic mass is 10.2. The Hall–Kier alpha value is -3.72. The standard InChI is InChI=1S/C26H26N6O2S/c1-18-15-21(19(2)31(18)20-9-4-3-5-10-20)22(33)17-35-26-29-28-24(16-30-14-8-12-25(30)34)32(26)23-11-6-7-13-27-23/h3-7,9-11,13,15H,8,12,14,16-17H2,1-2H3. The lowest BCUT2D eigenvalue weighted by Crippen LogP contribution is -2.25. The fourth-order valence-corrected chi connectivity index (χ4v) is 5.32. The third-order valence-electron chi connectivity index (χ3n) is 6.16. The Labute approximate surface area is 208 Å². The number of likely N-dealkylation sites (tertiary alicyclic amines) is 1. The maximum atomic E-state index is 13.3. The van der Waals surface area contributed by atoms with Gasteiger partial charge < -0.3 is 9.47 Å². The Morgan fingerprint density at radius 1 is 1.03 bits per heavy atom. The number of rotatable bonds is 8. The molecule has 0 spiro atoms. The van der Waals surface area contributed by atoms with Gasteiger partial charge in [-0.2, -0.15) is 0 Å². The van der Waals surface area contributed by atoms with Gasteiger partial charge in [-0.3, -0.25) is 14.2 Å². The van der Waals surface area contributed by atoms with Crippen molar-refractivity contribution in [1.29, 1.82) is 0 Å². The SMILES string of the molecule is Cc1cc(C(=O)CSc2nnc(CN3CCCC3=O)n2-c2ccccn2)c(C)n1-c1ccccc1. The van der Waals surface area contributed by atoms with E-state index in [2.05, 4.69) is 19.7 Å². The summed E-state index contributed by atoms with van der Waals surface area (Å²) in [6, 6.07) is 17.6. The number of pyridine rings is 1. The molecule has 0 atom stereocenters. The van der Waals surface area contributed by atoms with E-state index in [1.165, 1.54) is 11.8 Å². The second kappa shape index (κ2) is 9.87. The number of benzene rings is 1. The minimum absolute atomic E-state index is 0.0251. The fourth-order valence-electron chi connectivity index (χ4n) is 4.48. The zero-order chi connectivity index (χ0) is 24.4. The molecule has 1 saturated heterocycles. The van der Waals surface area contributed by atoms with Gasteiger partial charge in [-0.1, -0.05) is 36.0 Å². The second-order valence-electron chi connectivity index (χ2n) is 8.51. The zero-order valence-corrected chi connectivity index (χ0v) is 20.5. The largest absolute Gasteiger partial charge is 0.335 e. The van der Waals surface area contributed by atoms with E-state index in [0.29, 0.717) is 41.9 Å². The second-order valence-corrected chi connectivity index (χ2v) is 9.45. The van der Waals surface area contributed by atoms with E-state index in [1.54, 1.807) is 11.1 Å². The summed E-state index contributed by atoms with van der Waals surface area (Å²) in [5, 5.41) is 9.30. The van der Waals surface area contributed by atoms with Crippen molar-refractivity contribution in [3.05, 3.63) is 83.6 Å². The monoisotopic (exact) mass is 486 g/mol. The summed E-state index contributed by atoms with van der Waals surface area (Å²) in [5.74, 6) is 1.66. The number of para-hydroxylation sites is 1. The summed E-state index contributed by atoms with van der Waals surface area (Å²) in [6.07, 6.45) is 3.13. The van der Waals surface area contributed by atoms with Crippen LogP contribution in [0.25, 0.3) is 11.5 Å². The van der Waals surface area contributed by atoms with E-state index < -0.39 is 0 Å². The number of ketones is 1. The molecule has 8 nitrogen and oxygen atoms in total. The highest BCUT2D eigenvalue weighted by Gasteiger charge is 2.25. The van der Waals surface area contributed by atoms with Gasteiger partial charge in [0.15, 0.2) is 16.8 Å². The Kier molecular flexibility index (Phi) is 6.50. The molecule has 0 saturated carbocycles. The van der Waals surface area contributed by atoms with Crippen molar-refractivity contribution in [2.75, 3.05) is 12.3 Å². The van der Waals surface area contributed by atoms with Gasteiger partial charge >= 0.3 is 0 Å². The number of amides is 1. The van der Waals surface area contributed by atoms with Crippen LogP contribution >= 0.6 is 11.8 Å². The minimum atomic E-state index is 0.0251. The van der Waals surface area contributed by atoms with Crippen LogP contribution < -0.4 is 0 Å². The van der Waals surface area contributed by atoms with Crippen molar-refractivity contribution in [3.8, 4) is 11.5 Å². The Morgan fingerprint density at radius 2 is 1.83 bits per heavy atom. The first kappa shape index (κ1) is 23.0. The number of hydrogen-bond acceptors (Lipinski definition) is 6. The van der Waals surface area contributed by atoms with E-state index >= 15 is 0 Å². The third-order valence-corrected chi connectivity index (χ3v) is 7.09. The van der Waals surface area contributed by atoms with Gasteiger partial charge in [0.25, 0.3) is 0 Å². The Morgan fingerprint density at radius 3 is 2.54 bits per heavy atom. The number of nitrogens with zero attached hydrogens (tertiary/aromatic N) is 6. The summed E-state index contributed by atoms with van der Waals surface area (Å²) in [7, 11) is 0. The zero-order valence-electron chi connectivity index (χ0n) is 19.7. The quantitative estimate of drug-likeness (QED) is 0.275. The lowest BCUT2D eigenvalue weighted by molar-refractivity contribution is -0.128. The van der Waals surface area contributed by atoms with Crippen molar-refractivity contribution >= 4 is 23.5 Å². The molecule has 0 N–H and O–H groups in total. The molecule has 1 fully saturated rings. The van der Waals surface area contributed by atoms with Crippen molar-refractivity contribution in [2.45, 2.75) is 38.4 Å². The van der Waals surface area contributed by atoms with Crippen LogP contribution in [0, 0.1) is 13.8 Å². The molecule has 0 bridgehead atoms. The lowest BCUT2D eigenvalue weighted by Gasteiger charge is -2.16. The topological polar surface area (TPSA) is 85.9 Å². The molecule has 4 aromatic rings. The van der Waals surface area contributed by atoms with E-state index in [-0.39, 0.29) is 17.4 Å². The molecular formula is C26H26N6O2S. The highest BCUT2D eigenvalue weighted by atomic mass is 32.2.